The molecule has 0 rings (SSSR count). The van der Waals surface area contributed by atoms with Crippen LogP contribution in [-0.4, -0.2) is 41.8 Å². The van der Waals surface area contributed by atoms with Crippen LogP contribution in [-0.2, 0) is 14.9 Å². The van der Waals surface area contributed by atoms with Crippen molar-refractivity contribution in [1.29, 1.82) is 0 Å². The Morgan fingerprint density at radius 1 is 1.10 bits per heavy atom. The van der Waals surface area contributed by atoms with E-state index in [1.807, 2.05) is 0 Å². The summed E-state index contributed by atoms with van der Waals surface area (Å²) in [5.41, 5.74) is 0. The average Bonchev–Trinajstić information content (AvgIpc) is 1.19. The van der Waals surface area contributed by atoms with Crippen molar-refractivity contribution in [3.05, 3.63) is 0 Å². The monoisotopic (exact) mass is 194 g/mol. The maximum Gasteiger partial charge on any atom is 0.761 e. The molecule has 0 unspecified atom stereocenters. The molecule has 6 N–H and O–H groups in total. The molecule has 0 aliphatic heterocycles. The smallest absolute Gasteiger partial charge is 0.511 e. The highest BCUT2D eigenvalue weighted by Crippen LogP contribution is 1.59. The second kappa shape index (κ2) is 6.57. The minimum absolute atomic E-state index is 0. The lowest BCUT2D eigenvalue weighted by molar-refractivity contribution is 0.330. The molecule has 0 bridgehead atoms. The van der Waals surface area contributed by atoms with E-state index < -0.39 is 19.6 Å². The number of hydrogen-bond donors (Lipinski definition) is 4. The van der Waals surface area contributed by atoms with Gasteiger partial charge in [-0.2, -0.15) is 8.42 Å². The highest BCUT2D eigenvalue weighted by atomic mass is 32.3. The zero-order chi connectivity index (χ0) is 8.08. The van der Waals surface area contributed by atoms with Gasteiger partial charge in [-0.3, -0.25) is 13.6 Å². The van der Waals surface area contributed by atoms with E-state index in [1.165, 1.54) is 0 Å². The third-order valence-corrected chi connectivity index (χ3v) is 0. The number of rotatable bonds is 0. The zero-order valence-corrected chi connectivity index (χ0v) is 6.24. The summed E-state index contributed by atoms with van der Waals surface area (Å²) in [6, 6.07) is 0. The third-order valence-electron chi connectivity index (χ3n) is 0. The van der Waals surface area contributed by atoms with Gasteiger partial charge in [-0.15, -0.1) is 0 Å². The van der Waals surface area contributed by atoms with Gasteiger partial charge in [0.05, 0.1) is 0 Å². The molecule has 10 heteroatoms. The highest BCUT2D eigenvalue weighted by Gasteiger charge is 1.85. The van der Waals surface area contributed by atoms with E-state index in [1.54, 1.807) is 0 Å². The highest BCUT2D eigenvalue weighted by molar-refractivity contribution is 7.79. The molecule has 0 aromatic carbocycles. The van der Waals surface area contributed by atoms with Crippen molar-refractivity contribution in [2.45, 2.75) is 0 Å². The lowest BCUT2D eigenvalue weighted by Gasteiger charge is -1.68. The standard InChI is InChI=1S/H2O4S.H2O3Si.H2O/c1-5(2,3)4;1-4(2)3;/h(H2,1,2,3,4);1-2H;1H2. The van der Waals surface area contributed by atoms with Crippen LogP contribution in [0.1, 0.15) is 0 Å². The fourth-order valence-corrected chi connectivity index (χ4v) is 0. The molecule has 0 aromatic rings. The predicted molar refractivity (Wildman–Crippen MR) is 28.7 cm³/mol. The maximum absolute atomic E-state index is 8.74. The van der Waals surface area contributed by atoms with Gasteiger partial charge in [0.1, 0.15) is 0 Å². The topological polar surface area (TPSA) is 164 Å². The Labute approximate surface area is 57.5 Å². The van der Waals surface area contributed by atoms with Crippen LogP contribution < -0.4 is 0 Å². The molecule has 0 saturated heterocycles. The second-order valence-electron chi connectivity index (χ2n) is 0.730. The van der Waals surface area contributed by atoms with Crippen LogP contribution >= 0.6 is 0 Å². The van der Waals surface area contributed by atoms with E-state index in [0.29, 0.717) is 0 Å². The van der Waals surface area contributed by atoms with E-state index >= 15 is 0 Å². The summed E-state index contributed by atoms with van der Waals surface area (Å²) in [7, 11) is -7.80. The van der Waals surface area contributed by atoms with Crippen LogP contribution in [0.2, 0.25) is 0 Å². The maximum atomic E-state index is 8.74. The SMILES string of the molecule is O.O=S(=O)(O)O.O=[Si](O)O. The molecular formula is H6O8SSi. The van der Waals surface area contributed by atoms with Gasteiger partial charge in [0.25, 0.3) is 0 Å². The molecular weight excluding hydrogens is 188 g/mol. The van der Waals surface area contributed by atoms with Crippen LogP contribution in [0.5, 0.6) is 0 Å². The van der Waals surface area contributed by atoms with Crippen LogP contribution in [0.15, 0.2) is 0 Å². The van der Waals surface area contributed by atoms with E-state index in [0.717, 1.165) is 0 Å². The van der Waals surface area contributed by atoms with Crippen LogP contribution in [0, 0.1) is 0 Å². The summed E-state index contributed by atoms with van der Waals surface area (Å²) in [5, 5.41) is 0. The Kier molecular flexibility index (Phi) is 10.6. The Balaban J connectivity index is -0.0000000910. The van der Waals surface area contributed by atoms with Crippen molar-refractivity contribution >= 4 is 19.6 Å². The fraction of sp³-hybridized carbons (Fsp3) is 0. The van der Waals surface area contributed by atoms with Crippen molar-refractivity contribution < 1.29 is 37.1 Å². The molecule has 0 fully saturated rings. The molecule has 0 aromatic heterocycles. The lowest BCUT2D eigenvalue weighted by Crippen LogP contribution is -1.90. The van der Waals surface area contributed by atoms with E-state index in [9.17, 15) is 0 Å². The fourth-order valence-electron chi connectivity index (χ4n) is 0. The molecule has 0 aliphatic carbocycles. The van der Waals surface area contributed by atoms with Gasteiger partial charge in [-0.25, -0.2) is 0 Å². The van der Waals surface area contributed by atoms with Crippen molar-refractivity contribution in [3.63, 3.8) is 0 Å². The van der Waals surface area contributed by atoms with Crippen molar-refractivity contribution in [3.8, 4) is 0 Å². The minimum atomic E-state index is -4.67. The minimum Gasteiger partial charge on any atom is -0.511 e. The first kappa shape index (κ1) is 16.2. The molecule has 8 nitrogen and oxygen atoms in total. The van der Waals surface area contributed by atoms with E-state index in [-0.39, 0.29) is 5.48 Å². The van der Waals surface area contributed by atoms with Crippen molar-refractivity contribution in [2.24, 2.45) is 0 Å². The average molecular weight is 194 g/mol. The summed E-state index contributed by atoms with van der Waals surface area (Å²) in [5.74, 6) is 0. The van der Waals surface area contributed by atoms with Gasteiger partial charge < -0.3 is 15.1 Å². The van der Waals surface area contributed by atoms with Gasteiger partial charge in [-0.1, -0.05) is 0 Å². The first-order valence-electron chi connectivity index (χ1n) is 1.35. The summed E-state index contributed by atoms with van der Waals surface area (Å²) >= 11 is 0. The second-order valence-corrected chi connectivity index (χ2v) is 2.19. The molecule has 0 radical (unpaired) electrons. The molecule has 0 heterocycles. The van der Waals surface area contributed by atoms with Gasteiger partial charge in [0.15, 0.2) is 0 Å². The molecule has 0 saturated carbocycles. The zero-order valence-electron chi connectivity index (χ0n) is 4.42. The Morgan fingerprint density at radius 3 is 1.10 bits per heavy atom. The molecule has 0 aliphatic rings. The molecule has 0 amide bonds. The quantitative estimate of drug-likeness (QED) is 0.234. The molecule has 10 heavy (non-hydrogen) atoms. The Bertz CT molecular complexity index is 152. The van der Waals surface area contributed by atoms with Gasteiger partial charge in [-0.05, 0) is 0 Å². The third kappa shape index (κ3) is 1010. The van der Waals surface area contributed by atoms with Crippen LogP contribution in [0.4, 0.5) is 0 Å². The summed E-state index contributed by atoms with van der Waals surface area (Å²) in [6.07, 6.45) is 0. The first-order chi connectivity index (χ1) is 3.73. The summed E-state index contributed by atoms with van der Waals surface area (Å²) in [6.45, 7) is 0. The molecule has 64 valence electrons. The van der Waals surface area contributed by atoms with E-state index in [4.69, 9.17) is 31.6 Å². The Hall–Kier alpha value is -0.553. The van der Waals surface area contributed by atoms with Crippen LogP contribution in [0.3, 0.4) is 0 Å². The largest absolute Gasteiger partial charge is 0.761 e. The Morgan fingerprint density at radius 2 is 1.10 bits per heavy atom. The molecule has 0 spiro atoms. The van der Waals surface area contributed by atoms with E-state index in [2.05, 4.69) is 0 Å². The first-order valence-corrected chi connectivity index (χ1v) is 4.05. The summed E-state index contributed by atoms with van der Waals surface area (Å²) < 4.78 is 40.3. The lowest BCUT2D eigenvalue weighted by atomic mass is 15.8. The summed E-state index contributed by atoms with van der Waals surface area (Å²) in [4.78, 5) is 14.3. The van der Waals surface area contributed by atoms with Crippen molar-refractivity contribution in [1.82, 2.24) is 0 Å². The van der Waals surface area contributed by atoms with Crippen molar-refractivity contribution in [2.75, 3.05) is 0 Å². The normalized spacial score (nSPS) is 8.20. The van der Waals surface area contributed by atoms with Gasteiger partial charge in [0.2, 0.25) is 0 Å². The van der Waals surface area contributed by atoms with Gasteiger partial charge in [0, 0.05) is 0 Å². The predicted octanol–water partition coefficient (Wildman–Crippen LogP) is -3.09. The molecule has 0 atom stereocenters. The number of hydrogen-bond acceptors (Lipinski definition) is 3. The van der Waals surface area contributed by atoms with Gasteiger partial charge >= 0.3 is 19.6 Å². The van der Waals surface area contributed by atoms with Crippen LogP contribution in [0.25, 0.3) is 0 Å².